The van der Waals surface area contributed by atoms with Gasteiger partial charge in [0.25, 0.3) is 0 Å². The molecule has 2 N–H and O–H groups in total. The highest BCUT2D eigenvalue weighted by Crippen LogP contribution is 2.40. The van der Waals surface area contributed by atoms with Gasteiger partial charge in [-0.25, -0.2) is 0 Å². The van der Waals surface area contributed by atoms with Gasteiger partial charge in [-0.15, -0.1) is 0 Å². The molecule has 0 saturated carbocycles. The number of nitrogens with one attached hydrogen (secondary N) is 2. The summed E-state index contributed by atoms with van der Waals surface area (Å²) < 4.78 is 1.04. The first-order chi connectivity index (χ1) is 15.5. The number of allylic oxidation sites excluding steroid dienone is 4. The summed E-state index contributed by atoms with van der Waals surface area (Å²) in [4.78, 5) is 2.64. The van der Waals surface area contributed by atoms with E-state index in [2.05, 4.69) is 56.5 Å². The van der Waals surface area contributed by atoms with E-state index in [1.807, 2.05) is 26.8 Å². The van der Waals surface area contributed by atoms with Gasteiger partial charge in [-0.2, -0.15) is 0 Å². The van der Waals surface area contributed by atoms with Crippen LogP contribution in [0.2, 0.25) is 5.02 Å². The molecule has 1 unspecified atom stereocenters. The molecule has 2 saturated heterocycles. The lowest BCUT2D eigenvalue weighted by Crippen LogP contribution is -2.40. The van der Waals surface area contributed by atoms with Gasteiger partial charge in [0.1, 0.15) is 0 Å². The molecule has 1 aromatic carbocycles. The van der Waals surface area contributed by atoms with E-state index in [0.29, 0.717) is 0 Å². The van der Waals surface area contributed by atoms with Crippen LogP contribution in [0.5, 0.6) is 0 Å². The monoisotopic (exact) mass is 517 g/mol. The molecule has 0 bridgehead atoms. The SMILES string of the molecule is C/C(C=N)=C/C1=CC(N2CCC(C3CCNCC3)CC2)c2ccc(Cl)cc2C=C1Br.CC. The molecule has 0 amide bonds. The van der Waals surface area contributed by atoms with Crippen LogP contribution in [-0.2, 0) is 0 Å². The average molecular weight is 519 g/mol. The second-order valence-electron chi connectivity index (χ2n) is 8.83. The minimum atomic E-state index is 0.224. The normalized spacial score (nSPS) is 23.3. The summed E-state index contributed by atoms with van der Waals surface area (Å²) in [5.74, 6) is 1.76. The second-order valence-corrected chi connectivity index (χ2v) is 10.1. The van der Waals surface area contributed by atoms with Crippen LogP contribution in [0.15, 0.2) is 46.0 Å². The smallest absolute Gasteiger partial charge is 0.0546 e. The molecule has 1 atom stereocenters. The second kappa shape index (κ2) is 12.3. The van der Waals surface area contributed by atoms with E-state index >= 15 is 0 Å². The van der Waals surface area contributed by atoms with E-state index in [1.165, 1.54) is 56.1 Å². The lowest BCUT2D eigenvalue weighted by Gasteiger charge is -2.40. The Morgan fingerprint density at radius 1 is 1.12 bits per heavy atom. The minimum absolute atomic E-state index is 0.224. The molecule has 2 aliphatic heterocycles. The van der Waals surface area contributed by atoms with E-state index < -0.39 is 0 Å². The first-order valence-corrected chi connectivity index (χ1v) is 13.2. The first-order valence-electron chi connectivity index (χ1n) is 12.1. The van der Waals surface area contributed by atoms with Crippen molar-refractivity contribution in [3.05, 3.63) is 62.1 Å². The summed E-state index contributed by atoms with van der Waals surface area (Å²) in [5, 5.41) is 11.9. The van der Waals surface area contributed by atoms with Crippen molar-refractivity contribution in [2.24, 2.45) is 11.8 Å². The van der Waals surface area contributed by atoms with Gasteiger partial charge in [-0.05, 0) is 117 Å². The number of hydrogen-bond donors (Lipinski definition) is 2. The Morgan fingerprint density at radius 2 is 1.78 bits per heavy atom. The van der Waals surface area contributed by atoms with E-state index in [1.54, 1.807) is 0 Å². The number of halogens is 2. The van der Waals surface area contributed by atoms with Crippen molar-refractivity contribution in [1.29, 1.82) is 5.41 Å². The van der Waals surface area contributed by atoms with Crippen molar-refractivity contribution in [3.63, 3.8) is 0 Å². The number of likely N-dealkylation sites (tertiary alicyclic amines) is 1. The highest BCUT2D eigenvalue weighted by atomic mass is 79.9. The third-order valence-electron chi connectivity index (χ3n) is 6.89. The fourth-order valence-electron chi connectivity index (χ4n) is 5.19. The fourth-order valence-corrected chi connectivity index (χ4v) is 5.86. The molecule has 2 heterocycles. The minimum Gasteiger partial charge on any atom is -0.317 e. The van der Waals surface area contributed by atoms with Crippen LogP contribution in [0.25, 0.3) is 6.08 Å². The highest BCUT2D eigenvalue weighted by molar-refractivity contribution is 9.12. The summed E-state index contributed by atoms with van der Waals surface area (Å²) in [6.45, 7) is 10.6. The molecule has 1 aromatic rings. The van der Waals surface area contributed by atoms with Gasteiger partial charge in [0.15, 0.2) is 0 Å². The van der Waals surface area contributed by atoms with Crippen LogP contribution in [0.4, 0.5) is 0 Å². The maximum absolute atomic E-state index is 7.58. The van der Waals surface area contributed by atoms with Gasteiger partial charge in [-0.3, -0.25) is 4.90 Å². The molecule has 5 heteroatoms. The fraction of sp³-hybridized carbons (Fsp3) is 0.519. The Morgan fingerprint density at radius 3 is 2.44 bits per heavy atom. The Labute approximate surface area is 207 Å². The van der Waals surface area contributed by atoms with Crippen LogP contribution < -0.4 is 5.32 Å². The van der Waals surface area contributed by atoms with Crippen molar-refractivity contribution in [2.75, 3.05) is 26.2 Å². The van der Waals surface area contributed by atoms with E-state index in [4.69, 9.17) is 17.0 Å². The zero-order valence-corrected chi connectivity index (χ0v) is 22.0. The molecular weight excluding hydrogens is 482 g/mol. The zero-order chi connectivity index (χ0) is 23.1. The van der Waals surface area contributed by atoms with Gasteiger partial charge in [0, 0.05) is 15.7 Å². The Bertz CT molecular complexity index is 875. The number of fused-ring (bicyclic) bond motifs is 1. The van der Waals surface area contributed by atoms with Gasteiger partial charge < -0.3 is 10.7 Å². The molecule has 3 aliphatic rings. The summed E-state index contributed by atoms with van der Waals surface area (Å²) in [6, 6.07) is 6.48. The number of nitrogens with zero attached hydrogens (tertiary/aromatic N) is 1. The lowest BCUT2D eigenvalue weighted by molar-refractivity contribution is 0.112. The van der Waals surface area contributed by atoms with Crippen molar-refractivity contribution < 1.29 is 0 Å². The standard InChI is InChI=1S/C25H31BrClN3.C2H6/c1-17(16-28)12-21-15-25(23-3-2-22(27)13-20(23)14-24(21)26)30-10-6-19(7-11-30)18-4-8-29-9-5-18;1-2/h2-3,12-16,18-19,25,28-29H,4-11H2,1H3;1-2H3/b17-12-,28-16?;. The first kappa shape index (κ1) is 25.4. The lowest BCUT2D eigenvalue weighted by atomic mass is 9.78. The van der Waals surface area contributed by atoms with Crippen LogP contribution in [0, 0.1) is 17.2 Å². The summed E-state index contributed by atoms with van der Waals surface area (Å²) in [5.41, 5.74) is 4.56. The quantitative estimate of drug-likeness (QED) is 0.408. The molecule has 1 aliphatic carbocycles. The third kappa shape index (κ3) is 6.22. The molecule has 4 rings (SSSR count). The van der Waals surface area contributed by atoms with E-state index in [-0.39, 0.29) is 6.04 Å². The van der Waals surface area contributed by atoms with Crippen LogP contribution >= 0.6 is 27.5 Å². The highest BCUT2D eigenvalue weighted by Gasteiger charge is 2.31. The Hall–Kier alpha value is -1.20. The molecule has 0 aromatic heterocycles. The maximum atomic E-state index is 7.58. The predicted octanol–water partition coefficient (Wildman–Crippen LogP) is 7.39. The van der Waals surface area contributed by atoms with Crippen molar-refractivity contribution in [3.8, 4) is 0 Å². The van der Waals surface area contributed by atoms with Crippen LogP contribution in [0.3, 0.4) is 0 Å². The number of piperidine rings is 2. The predicted molar refractivity (Wildman–Crippen MR) is 143 cm³/mol. The van der Waals surface area contributed by atoms with Gasteiger partial charge in [0.05, 0.1) is 6.04 Å². The van der Waals surface area contributed by atoms with Crippen molar-refractivity contribution in [2.45, 2.75) is 52.5 Å². The largest absolute Gasteiger partial charge is 0.317 e. The van der Waals surface area contributed by atoms with Gasteiger partial charge in [0.2, 0.25) is 0 Å². The average Bonchev–Trinajstić information content (AvgIpc) is 2.96. The zero-order valence-electron chi connectivity index (χ0n) is 19.6. The third-order valence-corrected chi connectivity index (χ3v) is 7.81. The topological polar surface area (TPSA) is 39.1 Å². The van der Waals surface area contributed by atoms with Crippen molar-refractivity contribution >= 4 is 39.8 Å². The van der Waals surface area contributed by atoms with Gasteiger partial charge >= 0.3 is 0 Å². The van der Waals surface area contributed by atoms with E-state index in [0.717, 1.165) is 45.6 Å². The molecule has 0 spiro atoms. The number of rotatable bonds is 4. The van der Waals surface area contributed by atoms with E-state index in [9.17, 15) is 0 Å². The Balaban J connectivity index is 0.00000141. The number of benzene rings is 1. The molecule has 0 radical (unpaired) electrons. The van der Waals surface area contributed by atoms with Crippen LogP contribution in [0.1, 0.15) is 63.6 Å². The number of hydrogen-bond acceptors (Lipinski definition) is 3. The molecule has 2 fully saturated rings. The Kier molecular flexibility index (Phi) is 9.78. The molecule has 174 valence electrons. The van der Waals surface area contributed by atoms with Gasteiger partial charge in [-0.1, -0.05) is 53.5 Å². The summed E-state index contributed by atoms with van der Waals surface area (Å²) in [7, 11) is 0. The maximum Gasteiger partial charge on any atom is 0.0546 e. The van der Waals surface area contributed by atoms with Crippen molar-refractivity contribution in [1.82, 2.24) is 10.2 Å². The molecule has 3 nitrogen and oxygen atoms in total. The molecular formula is C27H37BrClN3. The van der Waals surface area contributed by atoms with Crippen LogP contribution in [-0.4, -0.2) is 37.3 Å². The molecule has 32 heavy (non-hydrogen) atoms. The summed E-state index contributed by atoms with van der Waals surface area (Å²) >= 11 is 10.1. The summed E-state index contributed by atoms with van der Waals surface area (Å²) in [6.07, 6.45) is 13.3.